The average Bonchev–Trinajstić information content (AvgIpc) is 3.22. The molecule has 0 aliphatic rings. The van der Waals surface area contributed by atoms with Gasteiger partial charge in [0.25, 0.3) is 0 Å². The number of aliphatic hydroxyl groups is 2. The van der Waals surface area contributed by atoms with Crippen LogP contribution in [0.3, 0.4) is 0 Å². The van der Waals surface area contributed by atoms with Gasteiger partial charge in [-0.15, -0.1) is 0 Å². The molecule has 0 saturated heterocycles. The lowest BCUT2D eigenvalue weighted by Gasteiger charge is -2.23. The Bertz CT molecular complexity index is 1180. The fraction of sp³-hybridized carbons (Fsp3) is 0.654. The van der Waals surface area contributed by atoms with Gasteiger partial charge >= 0.3 is 5.97 Å². The molecule has 3 unspecified atom stereocenters. The summed E-state index contributed by atoms with van der Waals surface area (Å²) in [4.78, 5) is 25.9. The largest absolute Gasteiger partial charge is 0.458 e. The maximum absolute atomic E-state index is 13.1. The van der Waals surface area contributed by atoms with Crippen molar-refractivity contribution < 1.29 is 24.5 Å². The van der Waals surface area contributed by atoms with Crippen LogP contribution in [0, 0.1) is 0 Å². The van der Waals surface area contributed by atoms with Crippen molar-refractivity contribution in [3.05, 3.63) is 97.2 Å². The lowest BCUT2D eigenvalue weighted by Crippen LogP contribution is -2.46. The monoisotopic (exact) mass is 806 g/mol. The van der Waals surface area contributed by atoms with Gasteiger partial charge in [0, 0.05) is 6.42 Å². The molecule has 1 amide bonds. The highest BCUT2D eigenvalue weighted by Crippen LogP contribution is 2.15. The zero-order valence-electron chi connectivity index (χ0n) is 37.4. The third kappa shape index (κ3) is 39.6. The molecule has 6 nitrogen and oxygen atoms in total. The maximum atomic E-state index is 13.1. The lowest BCUT2D eigenvalue weighted by molar-refractivity contribution is -0.148. The highest BCUT2D eigenvalue weighted by molar-refractivity contribution is 5.78. The number of nitrogens with one attached hydrogen (secondary N) is 1. The molecule has 58 heavy (non-hydrogen) atoms. The molecule has 0 radical (unpaired) electrons. The van der Waals surface area contributed by atoms with Crippen LogP contribution in [-0.2, 0) is 14.3 Å². The first-order valence-electron chi connectivity index (χ1n) is 23.6. The number of rotatable bonds is 40. The summed E-state index contributed by atoms with van der Waals surface area (Å²) in [5, 5.41) is 23.6. The molecule has 0 aliphatic heterocycles. The van der Waals surface area contributed by atoms with Crippen molar-refractivity contribution in [3.63, 3.8) is 0 Å². The van der Waals surface area contributed by atoms with E-state index in [0.29, 0.717) is 19.3 Å². The molecule has 0 aromatic heterocycles. The summed E-state index contributed by atoms with van der Waals surface area (Å²) in [6.07, 6.45) is 59.2. The van der Waals surface area contributed by atoms with Gasteiger partial charge in [0.05, 0.1) is 25.2 Å². The van der Waals surface area contributed by atoms with Gasteiger partial charge in [-0.1, -0.05) is 221 Å². The molecule has 0 aromatic carbocycles. The van der Waals surface area contributed by atoms with E-state index in [0.717, 1.165) is 57.8 Å². The Hall–Kier alpha value is -3.22. The second kappa shape index (κ2) is 44.9. The average molecular weight is 806 g/mol. The Morgan fingerprint density at radius 1 is 0.552 bits per heavy atom. The lowest BCUT2D eigenvalue weighted by atomic mass is 10.0. The standard InChI is InChI=1S/C52H87NO5/c1-4-7-10-13-16-19-22-23-24-25-26-27-30-33-36-39-42-45-52(57)58-48(43-40-37-34-31-28-20-17-14-11-8-5-2)46-51(56)53-49(47-54)50(55)44-41-38-35-32-29-21-18-15-12-9-6-3/h7,10,13,16,19,22-27,30-31,34,40,43,48-50,54-55H,4-6,8-9,11-12,14-15,17-18,20-21,28-29,32-33,35-39,41-42,44-47H2,1-3H3,(H,53,56)/b10-7-,16-13+,22-19+,24-23-,26-25+,30-27+,34-31-,43-40+. The van der Waals surface area contributed by atoms with Gasteiger partial charge in [0.2, 0.25) is 5.91 Å². The summed E-state index contributed by atoms with van der Waals surface area (Å²) >= 11 is 0. The number of carbonyl (C=O) groups is 2. The van der Waals surface area contributed by atoms with E-state index in [4.69, 9.17) is 4.74 Å². The fourth-order valence-electron chi connectivity index (χ4n) is 6.48. The molecule has 0 heterocycles. The minimum Gasteiger partial charge on any atom is -0.458 e. The molecule has 3 N–H and O–H groups in total. The quantitative estimate of drug-likeness (QED) is 0.0248. The van der Waals surface area contributed by atoms with E-state index < -0.39 is 18.2 Å². The van der Waals surface area contributed by atoms with Crippen molar-refractivity contribution in [2.24, 2.45) is 0 Å². The zero-order valence-corrected chi connectivity index (χ0v) is 37.4. The van der Waals surface area contributed by atoms with E-state index in [1.807, 2.05) is 66.8 Å². The second-order valence-corrected chi connectivity index (χ2v) is 15.6. The van der Waals surface area contributed by atoms with Gasteiger partial charge in [-0.05, 0) is 57.4 Å². The Morgan fingerprint density at radius 3 is 1.59 bits per heavy atom. The van der Waals surface area contributed by atoms with E-state index in [2.05, 4.69) is 50.4 Å². The van der Waals surface area contributed by atoms with Gasteiger partial charge in [-0.25, -0.2) is 0 Å². The van der Waals surface area contributed by atoms with Gasteiger partial charge in [-0.3, -0.25) is 9.59 Å². The molecule has 6 heteroatoms. The Morgan fingerprint density at radius 2 is 1.03 bits per heavy atom. The predicted octanol–water partition coefficient (Wildman–Crippen LogP) is 13.8. The summed E-state index contributed by atoms with van der Waals surface area (Å²) in [6, 6.07) is -0.746. The summed E-state index contributed by atoms with van der Waals surface area (Å²) in [5.41, 5.74) is 0. The Labute approximate surface area is 356 Å². The topological polar surface area (TPSA) is 95.9 Å². The summed E-state index contributed by atoms with van der Waals surface area (Å²) in [7, 11) is 0. The molecular formula is C52H87NO5. The molecule has 0 aromatic rings. The fourth-order valence-corrected chi connectivity index (χ4v) is 6.48. The van der Waals surface area contributed by atoms with Crippen LogP contribution in [0.2, 0.25) is 0 Å². The van der Waals surface area contributed by atoms with Crippen molar-refractivity contribution in [2.45, 2.75) is 212 Å². The molecular weight excluding hydrogens is 719 g/mol. The van der Waals surface area contributed by atoms with E-state index in [1.54, 1.807) is 6.08 Å². The number of esters is 1. The van der Waals surface area contributed by atoms with Crippen LogP contribution in [0.5, 0.6) is 0 Å². The first kappa shape index (κ1) is 54.8. The molecule has 0 rings (SSSR count). The molecule has 0 fully saturated rings. The highest BCUT2D eigenvalue weighted by Gasteiger charge is 2.23. The molecule has 0 spiro atoms. The number of amides is 1. The van der Waals surface area contributed by atoms with E-state index in [1.165, 1.54) is 89.9 Å². The first-order valence-corrected chi connectivity index (χ1v) is 23.6. The molecule has 3 atom stereocenters. The van der Waals surface area contributed by atoms with E-state index in [9.17, 15) is 19.8 Å². The minimum atomic E-state index is -0.822. The predicted molar refractivity (Wildman–Crippen MR) is 250 cm³/mol. The van der Waals surface area contributed by atoms with E-state index >= 15 is 0 Å². The second-order valence-electron chi connectivity index (χ2n) is 15.6. The van der Waals surface area contributed by atoms with Gasteiger partial charge in [-0.2, -0.15) is 0 Å². The van der Waals surface area contributed by atoms with Crippen molar-refractivity contribution in [2.75, 3.05) is 6.61 Å². The van der Waals surface area contributed by atoms with Crippen LogP contribution in [0.1, 0.15) is 194 Å². The van der Waals surface area contributed by atoms with Crippen LogP contribution in [0.15, 0.2) is 97.2 Å². The Balaban J connectivity index is 4.77. The number of aliphatic hydroxyl groups excluding tert-OH is 2. The summed E-state index contributed by atoms with van der Waals surface area (Å²) < 4.78 is 5.79. The van der Waals surface area contributed by atoms with Gasteiger partial charge in [0.15, 0.2) is 0 Å². The molecule has 0 aliphatic carbocycles. The maximum Gasteiger partial charge on any atom is 0.306 e. The number of unbranched alkanes of at least 4 members (excludes halogenated alkanes) is 19. The van der Waals surface area contributed by atoms with Gasteiger partial charge in [0.1, 0.15) is 6.10 Å². The highest BCUT2D eigenvalue weighted by atomic mass is 16.5. The number of ether oxygens (including phenoxy) is 1. The molecule has 0 bridgehead atoms. The van der Waals surface area contributed by atoms with Crippen LogP contribution in [-0.4, -0.2) is 46.9 Å². The minimum absolute atomic E-state index is 0.0527. The number of allylic oxidation sites excluding steroid dienone is 15. The normalized spacial score (nSPS) is 14.2. The first-order chi connectivity index (χ1) is 28.5. The van der Waals surface area contributed by atoms with Gasteiger partial charge < -0.3 is 20.3 Å². The zero-order chi connectivity index (χ0) is 42.4. The smallest absolute Gasteiger partial charge is 0.306 e. The third-order valence-electron chi connectivity index (χ3n) is 10.1. The summed E-state index contributed by atoms with van der Waals surface area (Å²) in [6.45, 7) is 6.26. The third-order valence-corrected chi connectivity index (χ3v) is 10.1. The SMILES string of the molecule is CC\C=C/C=C/C=C/C=C\C=C\C=C\CCCCCC(=O)OC(/C=C/C/C=C\CCCCCCCC)CC(=O)NC(CO)C(O)CCCCCCCCCCCCC. The van der Waals surface area contributed by atoms with E-state index in [-0.39, 0.29) is 24.9 Å². The van der Waals surface area contributed by atoms with Crippen molar-refractivity contribution >= 4 is 11.9 Å². The van der Waals surface area contributed by atoms with Crippen LogP contribution < -0.4 is 5.32 Å². The van der Waals surface area contributed by atoms with Crippen molar-refractivity contribution in [3.8, 4) is 0 Å². The Kier molecular flexibility index (Phi) is 42.4. The number of hydrogen-bond donors (Lipinski definition) is 3. The number of carbonyl (C=O) groups excluding carboxylic acids is 2. The molecule has 330 valence electrons. The van der Waals surface area contributed by atoms with Crippen LogP contribution in [0.25, 0.3) is 0 Å². The van der Waals surface area contributed by atoms with Crippen LogP contribution in [0.4, 0.5) is 0 Å². The summed E-state index contributed by atoms with van der Waals surface area (Å²) in [5.74, 6) is -0.665. The van der Waals surface area contributed by atoms with Crippen molar-refractivity contribution in [1.29, 1.82) is 0 Å². The molecule has 0 saturated carbocycles. The van der Waals surface area contributed by atoms with Crippen molar-refractivity contribution in [1.82, 2.24) is 5.32 Å². The van der Waals surface area contributed by atoms with Crippen LogP contribution >= 0.6 is 0 Å². The number of hydrogen-bond acceptors (Lipinski definition) is 5.